The summed E-state index contributed by atoms with van der Waals surface area (Å²) in [4.78, 5) is 39.5. The predicted molar refractivity (Wildman–Crippen MR) is 144 cm³/mol. The van der Waals surface area contributed by atoms with E-state index in [1.165, 1.54) is 6.08 Å². The third-order valence-corrected chi connectivity index (χ3v) is 6.48. The molecule has 182 valence electrons. The maximum Gasteiger partial charge on any atom is 0.335 e. The molecule has 4 rings (SSSR count). The Morgan fingerprint density at radius 1 is 1.00 bits per heavy atom. The summed E-state index contributed by atoms with van der Waals surface area (Å²) in [7, 11) is 0. The minimum atomic E-state index is -0.774. The molecule has 1 fully saturated rings. The van der Waals surface area contributed by atoms with E-state index in [-0.39, 0.29) is 5.57 Å². The van der Waals surface area contributed by atoms with Crippen LogP contribution in [0.2, 0.25) is 0 Å². The lowest BCUT2D eigenvalue weighted by Crippen LogP contribution is -2.54. The first-order chi connectivity index (χ1) is 17.3. The molecule has 0 saturated carbocycles. The lowest BCUT2D eigenvalue weighted by molar-refractivity contribution is -0.122. The van der Waals surface area contributed by atoms with Gasteiger partial charge in [-0.3, -0.25) is 14.9 Å². The summed E-state index contributed by atoms with van der Waals surface area (Å²) in [5, 5.41) is 2.27. The third-order valence-electron chi connectivity index (χ3n) is 5.89. The van der Waals surface area contributed by atoms with Crippen molar-refractivity contribution in [3.63, 3.8) is 0 Å². The van der Waals surface area contributed by atoms with Crippen LogP contribution in [0.5, 0.6) is 5.75 Å². The zero-order valence-electron chi connectivity index (χ0n) is 20.0. The van der Waals surface area contributed by atoms with Crippen LogP contribution in [0.3, 0.4) is 0 Å². The van der Waals surface area contributed by atoms with Crippen LogP contribution in [0.25, 0.3) is 6.08 Å². The van der Waals surface area contributed by atoms with E-state index in [9.17, 15) is 14.4 Å². The second kappa shape index (κ2) is 10.7. The number of allylic oxidation sites excluding steroid dienone is 1. The normalized spacial score (nSPS) is 14.7. The van der Waals surface area contributed by atoms with E-state index in [0.717, 1.165) is 27.2 Å². The zero-order valence-corrected chi connectivity index (χ0v) is 21.6. The second-order valence-corrected chi connectivity index (χ2v) is 9.34. The molecule has 0 bridgehead atoms. The molecule has 1 aliphatic rings. The lowest BCUT2D eigenvalue weighted by atomic mass is 10.0. The summed E-state index contributed by atoms with van der Waals surface area (Å²) in [6.07, 6.45) is 3.76. The quantitative estimate of drug-likeness (QED) is 0.223. The van der Waals surface area contributed by atoms with Gasteiger partial charge >= 0.3 is 6.03 Å². The number of barbiturate groups is 1. The van der Waals surface area contributed by atoms with E-state index in [1.54, 1.807) is 24.3 Å². The summed E-state index contributed by atoms with van der Waals surface area (Å²) >= 11 is 3.57. The molecule has 0 aromatic heterocycles. The van der Waals surface area contributed by atoms with Gasteiger partial charge in [-0.25, -0.2) is 9.69 Å². The standard InChI is InChI=1S/C29H25BrN2O4/c1-4-8-22-14-21(16-25(30)26(22)36-17-20-9-6-5-7-10-20)15-24-27(33)31-29(35)32(28(24)34)23-12-11-18(2)19(3)13-23/h4-7,9-16H,1,8,17H2,2-3H3,(H,31,33,35)/b24-15+. The molecule has 1 saturated heterocycles. The Bertz CT molecular complexity index is 1400. The fourth-order valence-electron chi connectivity index (χ4n) is 3.88. The van der Waals surface area contributed by atoms with Crippen molar-refractivity contribution < 1.29 is 19.1 Å². The van der Waals surface area contributed by atoms with Crippen LogP contribution in [-0.4, -0.2) is 17.8 Å². The van der Waals surface area contributed by atoms with E-state index in [4.69, 9.17) is 4.74 Å². The average molecular weight is 545 g/mol. The number of urea groups is 1. The SMILES string of the molecule is C=CCc1cc(/C=C2\C(=O)NC(=O)N(c3ccc(C)c(C)c3)C2=O)cc(Br)c1OCc1ccccc1. The fourth-order valence-corrected chi connectivity index (χ4v) is 4.51. The summed E-state index contributed by atoms with van der Waals surface area (Å²) in [6.45, 7) is 8.06. The summed E-state index contributed by atoms with van der Waals surface area (Å²) in [5.74, 6) is -0.763. The Kier molecular flexibility index (Phi) is 7.50. The van der Waals surface area contributed by atoms with Gasteiger partial charge in [0.05, 0.1) is 10.2 Å². The highest BCUT2D eigenvalue weighted by molar-refractivity contribution is 9.10. The molecule has 0 unspecified atom stereocenters. The van der Waals surface area contributed by atoms with E-state index in [1.807, 2.05) is 56.3 Å². The monoisotopic (exact) mass is 544 g/mol. The van der Waals surface area contributed by atoms with Gasteiger partial charge in [0.1, 0.15) is 17.9 Å². The summed E-state index contributed by atoms with van der Waals surface area (Å²) in [6, 6.07) is 17.9. The molecule has 0 atom stereocenters. The highest BCUT2D eigenvalue weighted by Gasteiger charge is 2.37. The highest BCUT2D eigenvalue weighted by atomic mass is 79.9. The van der Waals surface area contributed by atoms with Crippen molar-refractivity contribution in [3.8, 4) is 5.75 Å². The van der Waals surface area contributed by atoms with Crippen molar-refractivity contribution in [2.24, 2.45) is 0 Å². The number of carbonyl (C=O) groups is 3. The molecule has 36 heavy (non-hydrogen) atoms. The van der Waals surface area contributed by atoms with Crippen molar-refractivity contribution >= 4 is 45.5 Å². The first-order valence-corrected chi connectivity index (χ1v) is 12.2. The lowest BCUT2D eigenvalue weighted by Gasteiger charge is -2.27. The zero-order chi connectivity index (χ0) is 25.8. The number of nitrogens with zero attached hydrogens (tertiary/aromatic N) is 1. The molecule has 4 amide bonds. The largest absolute Gasteiger partial charge is 0.487 e. The number of hydrogen-bond donors (Lipinski definition) is 1. The van der Waals surface area contributed by atoms with Crippen LogP contribution in [0.1, 0.15) is 27.8 Å². The molecular weight excluding hydrogens is 520 g/mol. The van der Waals surface area contributed by atoms with Crippen molar-refractivity contribution in [2.45, 2.75) is 26.9 Å². The molecule has 6 nitrogen and oxygen atoms in total. The topological polar surface area (TPSA) is 75.7 Å². The van der Waals surface area contributed by atoms with Gasteiger partial charge in [0.2, 0.25) is 0 Å². The van der Waals surface area contributed by atoms with Crippen LogP contribution in [0, 0.1) is 13.8 Å². The molecule has 1 heterocycles. The molecular formula is C29H25BrN2O4. The van der Waals surface area contributed by atoms with Gasteiger partial charge in [-0.15, -0.1) is 6.58 Å². The maximum atomic E-state index is 13.3. The van der Waals surface area contributed by atoms with Crippen LogP contribution in [-0.2, 0) is 22.6 Å². The Balaban J connectivity index is 1.68. The van der Waals surface area contributed by atoms with Gasteiger partial charge in [0, 0.05) is 0 Å². The van der Waals surface area contributed by atoms with Crippen molar-refractivity contribution in [2.75, 3.05) is 4.90 Å². The molecule has 0 spiro atoms. The van der Waals surface area contributed by atoms with E-state index < -0.39 is 17.8 Å². The number of nitrogens with one attached hydrogen (secondary N) is 1. The van der Waals surface area contributed by atoms with Gasteiger partial charge < -0.3 is 4.74 Å². The predicted octanol–water partition coefficient (Wildman–Crippen LogP) is 6.04. The van der Waals surface area contributed by atoms with Crippen molar-refractivity contribution in [1.29, 1.82) is 0 Å². The van der Waals surface area contributed by atoms with Crippen LogP contribution in [0.4, 0.5) is 10.5 Å². The average Bonchev–Trinajstić information content (AvgIpc) is 2.84. The third kappa shape index (κ3) is 5.31. The number of hydrogen-bond acceptors (Lipinski definition) is 4. The molecule has 1 aliphatic heterocycles. The molecule has 3 aromatic rings. The Labute approximate surface area is 218 Å². The van der Waals surface area contributed by atoms with Gasteiger partial charge in [-0.2, -0.15) is 0 Å². The summed E-state index contributed by atoms with van der Waals surface area (Å²) < 4.78 is 6.77. The molecule has 3 aromatic carbocycles. The number of carbonyl (C=O) groups excluding carboxylic acids is 3. The number of rotatable bonds is 7. The molecule has 0 aliphatic carbocycles. The number of amides is 4. The highest BCUT2D eigenvalue weighted by Crippen LogP contribution is 2.33. The number of anilines is 1. The van der Waals surface area contributed by atoms with Crippen molar-refractivity contribution in [3.05, 3.63) is 111 Å². The first-order valence-electron chi connectivity index (χ1n) is 11.4. The fraction of sp³-hybridized carbons (Fsp3) is 0.138. The minimum Gasteiger partial charge on any atom is -0.487 e. The number of imide groups is 2. The number of ether oxygens (including phenoxy) is 1. The maximum absolute atomic E-state index is 13.3. The Hall–Kier alpha value is -3.97. The van der Waals surface area contributed by atoms with Crippen LogP contribution in [0.15, 0.2) is 83.4 Å². The first kappa shape index (κ1) is 25.1. The number of halogens is 1. The Morgan fingerprint density at radius 2 is 1.75 bits per heavy atom. The van der Waals surface area contributed by atoms with Crippen molar-refractivity contribution in [1.82, 2.24) is 5.32 Å². The number of benzene rings is 3. The Morgan fingerprint density at radius 3 is 2.44 bits per heavy atom. The minimum absolute atomic E-state index is 0.137. The molecule has 0 radical (unpaired) electrons. The second-order valence-electron chi connectivity index (χ2n) is 8.48. The number of aryl methyl sites for hydroxylation is 2. The summed E-state index contributed by atoms with van der Waals surface area (Å²) in [5.41, 5.74) is 4.70. The van der Waals surface area contributed by atoms with Gasteiger partial charge in [0.25, 0.3) is 11.8 Å². The van der Waals surface area contributed by atoms with E-state index >= 15 is 0 Å². The van der Waals surface area contributed by atoms with Crippen LogP contribution >= 0.6 is 15.9 Å². The van der Waals surface area contributed by atoms with Gasteiger partial charge in [-0.05, 0) is 94.4 Å². The van der Waals surface area contributed by atoms with Gasteiger partial charge in [0.15, 0.2) is 0 Å². The molecule has 7 heteroatoms. The van der Waals surface area contributed by atoms with Gasteiger partial charge in [-0.1, -0.05) is 42.5 Å². The molecule has 1 N–H and O–H groups in total. The van der Waals surface area contributed by atoms with Crippen LogP contribution < -0.4 is 15.0 Å². The van der Waals surface area contributed by atoms with E-state index in [0.29, 0.717) is 34.5 Å². The van der Waals surface area contributed by atoms with E-state index in [2.05, 4.69) is 27.8 Å². The smallest absolute Gasteiger partial charge is 0.335 e.